The molecule has 0 N–H and O–H groups in total. The van der Waals surface area contributed by atoms with Gasteiger partial charge in [-0.15, -0.1) is 0 Å². The molecule has 1 aliphatic rings. The van der Waals surface area contributed by atoms with Crippen LogP contribution in [0.25, 0.3) is 21.8 Å². The number of anilines is 1. The number of carbonyl (C=O) groups excluding carboxylic acids is 1. The Balaban J connectivity index is 1.47. The van der Waals surface area contributed by atoms with E-state index in [0.29, 0.717) is 6.54 Å². The van der Waals surface area contributed by atoms with Crippen molar-refractivity contribution < 1.29 is 9.53 Å². The molecule has 28 heavy (non-hydrogen) atoms. The van der Waals surface area contributed by atoms with Crippen LogP contribution < -0.4 is 9.64 Å². The molecule has 5 rings (SSSR count). The molecule has 0 spiro atoms. The van der Waals surface area contributed by atoms with E-state index in [0.717, 1.165) is 45.6 Å². The Morgan fingerprint density at radius 1 is 1.04 bits per heavy atom. The highest BCUT2D eigenvalue weighted by molar-refractivity contribution is 5.99. The minimum absolute atomic E-state index is 0.0851. The maximum atomic E-state index is 13.3. The average molecular weight is 371 g/mol. The maximum Gasteiger partial charge on any atom is 0.236 e. The van der Waals surface area contributed by atoms with Crippen molar-refractivity contribution in [2.24, 2.45) is 0 Å². The second-order valence-corrected chi connectivity index (χ2v) is 7.24. The van der Waals surface area contributed by atoms with Gasteiger partial charge in [0.05, 0.1) is 24.1 Å². The van der Waals surface area contributed by atoms with Gasteiger partial charge in [-0.2, -0.15) is 0 Å². The van der Waals surface area contributed by atoms with E-state index in [-0.39, 0.29) is 11.8 Å². The van der Waals surface area contributed by atoms with Crippen LogP contribution in [0.2, 0.25) is 0 Å². The zero-order chi connectivity index (χ0) is 19.3. The van der Waals surface area contributed by atoms with Crippen molar-refractivity contribution in [2.45, 2.75) is 19.4 Å². The van der Waals surface area contributed by atoms with Gasteiger partial charge in [0.1, 0.15) is 5.75 Å². The number of hydrogen-bond acceptors (Lipinski definition) is 3. The number of hydrogen-bond donors (Lipinski definition) is 0. The fourth-order valence-corrected chi connectivity index (χ4v) is 4.01. The molecule has 0 radical (unpaired) electrons. The number of nitrogens with zero attached hydrogens (tertiary/aromatic N) is 3. The molecule has 4 aromatic rings. The lowest BCUT2D eigenvalue weighted by Crippen LogP contribution is -2.33. The fraction of sp³-hybridized carbons (Fsp3) is 0.217. The molecule has 1 aromatic heterocycles. The summed E-state index contributed by atoms with van der Waals surface area (Å²) in [7, 11) is 1.67. The van der Waals surface area contributed by atoms with Gasteiger partial charge in [0.25, 0.3) is 0 Å². The van der Waals surface area contributed by atoms with E-state index in [1.54, 1.807) is 7.11 Å². The van der Waals surface area contributed by atoms with Crippen molar-refractivity contribution in [3.05, 3.63) is 66.2 Å². The van der Waals surface area contributed by atoms with Crippen molar-refractivity contribution >= 4 is 33.7 Å². The number of carbonyl (C=O) groups is 1. The zero-order valence-corrected chi connectivity index (χ0v) is 15.9. The Morgan fingerprint density at radius 3 is 2.68 bits per heavy atom. The zero-order valence-electron chi connectivity index (χ0n) is 15.9. The Labute approximate surface area is 163 Å². The van der Waals surface area contributed by atoms with E-state index in [4.69, 9.17) is 9.72 Å². The fourth-order valence-electron chi connectivity index (χ4n) is 4.01. The Morgan fingerprint density at radius 2 is 1.82 bits per heavy atom. The molecule has 2 heterocycles. The molecule has 3 aromatic carbocycles. The third-order valence-electron chi connectivity index (χ3n) is 5.63. The van der Waals surface area contributed by atoms with Crippen LogP contribution in [0.3, 0.4) is 0 Å². The normalized spacial score (nSPS) is 14.4. The summed E-state index contributed by atoms with van der Waals surface area (Å²) in [5, 5.41) is 2.21. The Hall–Kier alpha value is -3.34. The van der Waals surface area contributed by atoms with E-state index in [1.807, 2.05) is 54.3 Å². The van der Waals surface area contributed by atoms with Gasteiger partial charge in [0, 0.05) is 13.1 Å². The number of methoxy groups -OCH3 is 1. The minimum atomic E-state index is -0.238. The molecule has 1 aliphatic heterocycles. The van der Waals surface area contributed by atoms with E-state index in [2.05, 4.69) is 22.8 Å². The molecule has 140 valence electrons. The quantitative estimate of drug-likeness (QED) is 0.538. The highest BCUT2D eigenvalue weighted by Gasteiger charge is 2.31. The summed E-state index contributed by atoms with van der Waals surface area (Å²) in [6.45, 7) is 3.42. The third-order valence-corrected chi connectivity index (χ3v) is 5.63. The van der Waals surface area contributed by atoms with Gasteiger partial charge < -0.3 is 9.30 Å². The molecule has 0 bridgehead atoms. The van der Waals surface area contributed by atoms with Gasteiger partial charge in [0.2, 0.25) is 11.9 Å². The smallest absolute Gasteiger partial charge is 0.236 e. The van der Waals surface area contributed by atoms with Crippen LogP contribution in [-0.2, 0) is 11.3 Å². The first-order chi connectivity index (χ1) is 13.7. The molecule has 0 saturated carbocycles. The van der Waals surface area contributed by atoms with Gasteiger partial charge in [-0.3, -0.25) is 9.69 Å². The number of rotatable bonds is 3. The first kappa shape index (κ1) is 16.8. The summed E-state index contributed by atoms with van der Waals surface area (Å²) in [5.74, 6) is 1.43. The highest BCUT2D eigenvalue weighted by atomic mass is 16.5. The van der Waals surface area contributed by atoms with Gasteiger partial charge in [-0.1, -0.05) is 36.4 Å². The molecule has 0 unspecified atom stereocenters. The van der Waals surface area contributed by atoms with Crippen LogP contribution >= 0.6 is 0 Å². The van der Waals surface area contributed by atoms with Crippen molar-refractivity contribution in [3.8, 4) is 5.75 Å². The number of ether oxygens (including phenoxy) is 1. The van der Waals surface area contributed by atoms with Gasteiger partial charge >= 0.3 is 0 Å². The molecule has 5 nitrogen and oxygen atoms in total. The summed E-state index contributed by atoms with van der Waals surface area (Å²) in [6.07, 6.45) is 0. The lowest BCUT2D eigenvalue weighted by Gasteiger charge is -2.20. The topological polar surface area (TPSA) is 47.4 Å². The van der Waals surface area contributed by atoms with E-state index in [1.165, 1.54) is 0 Å². The number of imidazole rings is 1. The van der Waals surface area contributed by atoms with Crippen LogP contribution in [0.5, 0.6) is 5.75 Å². The molecule has 0 fully saturated rings. The van der Waals surface area contributed by atoms with Crippen molar-refractivity contribution in [3.63, 3.8) is 0 Å². The molecule has 0 aliphatic carbocycles. The average Bonchev–Trinajstić information content (AvgIpc) is 3.31. The number of fused-ring (bicyclic) bond motifs is 4. The first-order valence-electron chi connectivity index (χ1n) is 9.50. The van der Waals surface area contributed by atoms with Gasteiger partial charge in [-0.05, 0) is 47.5 Å². The van der Waals surface area contributed by atoms with Gasteiger partial charge in [-0.25, -0.2) is 4.98 Å². The first-order valence-corrected chi connectivity index (χ1v) is 9.50. The number of benzene rings is 3. The summed E-state index contributed by atoms with van der Waals surface area (Å²) < 4.78 is 7.43. The summed E-state index contributed by atoms with van der Waals surface area (Å²) >= 11 is 0. The minimum Gasteiger partial charge on any atom is -0.497 e. The molecule has 5 heteroatoms. The lowest BCUT2D eigenvalue weighted by atomic mass is 9.96. The monoisotopic (exact) mass is 371 g/mol. The maximum absolute atomic E-state index is 13.3. The number of para-hydroxylation sites is 2. The van der Waals surface area contributed by atoms with Crippen LogP contribution in [0, 0.1) is 0 Å². The van der Waals surface area contributed by atoms with E-state index in [9.17, 15) is 4.79 Å². The molecule has 1 atom stereocenters. The van der Waals surface area contributed by atoms with Gasteiger partial charge in [0.15, 0.2) is 0 Å². The molecular formula is C23H21N3O2. The molecule has 1 amide bonds. The standard InChI is InChI=1S/C23H21N3O2/c1-15(16-7-8-18-14-19(28-2)10-9-17(18)13-16)22(27)26-12-11-25-21-6-4-3-5-20(21)24-23(25)26/h3-10,13-15H,11-12H2,1-2H3/t15-/m0/s1. The molecule has 0 saturated heterocycles. The van der Waals surface area contributed by atoms with Crippen molar-refractivity contribution in [1.82, 2.24) is 9.55 Å². The van der Waals surface area contributed by atoms with Crippen LogP contribution in [-0.4, -0.2) is 29.1 Å². The lowest BCUT2D eigenvalue weighted by molar-refractivity contribution is -0.119. The second-order valence-electron chi connectivity index (χ2n) is 7.24. The predicted octanol–water partition coefficient (Wildman–Crippen LogP) is 4.35. The van der Waals surface area contributed by atoms with Crippen LogP contribution in [0.4, 0.5) is 5.95 Å². The molecular weight excluding hydrogens is 350 g/mol. The predicted molar refractivity (Wildman–Crippen MR) is 111 cm³/mol. The number of amides is 1. The Bertz CT molecular complexity index is 1210. The summed E-state index contributed by atoms with van der Waals surface area (Å²) in [5.41, 5.74) is 3.03. The van der Waals surface area contributed by atoms with Crippen molar-refractivity contribution in [1.29, 1.82) is 0 Å². The van der Waals surface area contributed by atoms with E-state index >= 15 is 0 Å². The largest absolute Gasteiger partial charge is 0.497 e. The summed E-state index contributed by atoms with van der Waals surface area (Å²) in [6, 6.07) is 20.2. The second kappa shape index (κ2) is 6.37. The third kappa shape index (κ3) is 2.54. The SMILES string of the molecule is COc1ccc2cc([C@H](C)C(=O)N3CCn4c3nc3ccccc34)ccc2c1. The number of aromatic nitrogens is 2. The highest BCUT2D eigenvalue weighted by Crippen LogP contribution is 2.31. The Kier molecular flexibility index (Phi) is 3.83. The van der Waals surface area contributed by atoms with Crippen LogP contribution in [0.1, 0.15) is 18.4 Å². The summed E-state index contributed by atoms with van der Waals surface area (Å²) in [4.78, 5) is 19.8. The van der Waals surface area contributed by atoms with Crippen LogP contribution in [0.15, 0.2) is 60.7 Å². The van der Waals surface area contributed by atoms with Crippen molar-refractivity contribution in [2.75, 3.05) is 18.6 Å². The van der Waals surface area contributed by atoms with E-state index < -0.39 is 0 Å².